The van der Waals surface area contributed by atoms with E-state index < -0.39 is 0 Å². The van der Waals surface area contributed by atoms with E-state index in [1.807, 2.05) is 61.1 Å². The highest BCUT2D eigenvalue weighted by Crippen LogP contribution is 2.26. The number of nitrogens with zero attached hydrogens (tertiary/aromatic N) is 4. The average Bonchev–Trinajstić information content (AvgIpc) is 3.14. The molecule has 31 heavy (non-hydrogen) atoms. The molecule has 0 saturated heterocycles. The van der Waals surface area contributed by atoms with Crippen molar-refractivity contribution in [2.24, 2.45) is 5.10 Å². The smallest absolute Gasteiger partial charge is 0.272 e. The molecule has 0 unspecified atom stereocenters. The molecule has 0 fully saturated rings. The Bertz CT molecular complexity index is 1300. The lowest BCUT2D eigenvalue weighted by molar-refractivity contribution is 0.0956. The molecule has 0 bridgehead atoms. The van der Waals surface area contributed by atoms with Gasteiger partial charge in [0.05, 0.1) is 28.7 Å². The van der Waals surface area contributed by atoms with Crippen molar-refractivity contribution >= 4 is 23.0 Å². The van der Waals surface area contributed by atoms with Gasteiger partial charge in [-0.3, -0.25) is 9.48 Å². The third-order valence-corrected chi connectivity index (χ3v) is 5.44. The first-order valence-corrected chi connectivity index (χ1v) is 10.3. The molecule has 2 aromatic carbocycles. The van der Waals surface area contributed by atoms with Gasteiger partial charge in [0.15, 0.2) is 0 Å². The van der Waals surface area contributed by atoms with Crippen LogP contribution in [0.4, 0.5) is 0 Å². The Balaban J connectivity index is 1.68. The maximum atomic E-state index is 13.0. The molecule has 2 heterocycles. The number of amides is 1. The number of hydrogen-bond donors (Lipinski definition) is 1. The van der Waals surface area contributed by atoms with E-state index in [0.29, 0.717) is 5.56 Å². The van der Waals surface area contributed by atoms with E-state index in [2.05, 4.69) is 41.6 Å². The summed E-state index contributed by atoms with van der Waals surface area (Å²) in [5.74, 6) is -0.277. The summed E-state index contributed by atoms with van der Waals surface area (Å²) >= 11 is 0. The Morgan fingerprint density at radius 1 is 1.10 bits per heavy atom. The van der Waals surface area contributed by atoms with E-state index in [9.17, 15) is 4.79 Å². The maximum Gasteiger partial charge on any atom is 0.272 e. The van der Waals surface area contributed by atoms with E-state index in [1.165, 1.54) is 11.1 Å². The molecular weight excluding hydrogens is 386 g/mol. The molecule has 6 nitrogen and oxygen atoms in total. The minimum atomic E-state index is -0.277. The van der Waals surface area contributed by atoms with Crippen molar-refractivity contribution in [2.45, 2.75) is 34.2 Å². The van der Waals surface area contributed by atoms with Crippen molar-refractivity contribution in [3.63, 3.8) is 0 Å². The number of nitrogens with one attached hydrogen (secondary N) is 1. The third kappa shape index (κ3) is 4.23. The second-order valence-corrected chi connectivity index (χ2v) is 7.60. The van der Waals surface area contributed by atoms with Gasteiger partial charge >= 0.3 is 0 Å². The van der Waals surface area contributed by atoms with E-state index in [-0.39, 0.29) is 5.91 Å². The summed E-state index contributed by atoms with van der Waals surface area (Å²) in [5.41, 5.74) is 9.86. The van der Waals surface area contributed by atoms with Crippen molar-refractivity contribution in [2.75, 3.05) is 0 Å². The average molecular weight is 412 g/mol. The maximum absolute atomic E-state index is 13.0. The van der Waals surface area contributed by atoms with Gasteiger partial charge in [-0.25, -0.2) is 10.4 Å². The highest BCUT2D eigenvalue weighted by Gasteiger charge is 2.14. The standard InChI is InChI=1S/C25H25N5O/c1-5-30-15-20(18(4)29-30)14-26-28-25(31)22-13-24(19-11-10-16(2)17(3)12-19)27-23-9-7-6-8-21(22)23/h6-15H,5H2,1-4H3,(H,28,31)/b26-14-. The number of benzene rings is 2. The predicted molar refractivity (Wildman–Crippen MR) is 124 cm³/mol. The molecule has 0 aliphatic heterocycles. The van der Waals surface area contributed by atoms with Gasteiger partial charge in [0.2, 0.25) is 0 Å². The first kappa shape index (κ1) is 20.5. The lowest BCUT2D eigenvalue weighted by Crippen LogP contribution is -2.18. The fourth-order valence-electron chi connectivity index (χ4n) is 3.45. The molecule has 1 amide bonds. The molecule has 0 radical (unpaired) electrons. The van der Waals surface area contributed by atoms with Gasteiger partial charge in [-0.1, -0.05) is 30.3 Å². The SMILES string of the molecule is CCn1cc(/C=N\NC(=O)c2cc(-c3ccc(C)c(C)c3)nc3ccccc23)c(C)n1. The quantitative estimate of drug-likeness (QED) is 0.378. The summed E-state index contributed by atoms with van der Waals surface area (Å²) in [7, 11) is 0. The summed E-state index contributed by atoms with van der Waals surface area (Å²) in [4.78, 5) is 17.8. The number of aromatic nitrogens is 3. The zero-order valence-electron chi connectivity index (χ0n) is 18.2. The van der Waals surface area contributed by atoms with Crippen LogP contribution in [0.2, 0.25) is 0 Å². The molecule has 0 atom stereocenters. The molecule has 0 aliphatic carbocycles. The van der Waals surface area contributed by atoms with Crippen LogP contribution in [0, 0.1) is 20.8 Å². The number of carbonyl (C=O) groups is 1. The Hall–Kier alpha value is -3.80. The molecule has 0 spiro atoms. The van der Waals surface area contributed by atoms with Crippen LogP contribution in [0.3, 0.4) is 0 Å². The van der Waals surface area contributed by atoms with E-state index in [1.54, 1.807) is 6.21 Å². The van der Waals surface area contributed by atoms with E-state index in [4.69, 9.17) is 4.98 Å². The second-order valence-electron chi connectivity index (χ2n) is 7.60. The number of hydrogen-bond acceptors (Lipinski definition) is 4. The lowest BCUT2D eigenvalue weighted by Gasteiger charge is -2.10. The topological polar surface area (TPSA) is 72.2 Å². The summed E-state index contributed by atoms with van der Waals surface area (Å²) in [6, 6.07) is 15.7. The van der Waals surface area contributed by atoms with Gasteiger partial charge in [-0.15, -0.1) is 0 Å². The van der Waals surface area contributed by atoms with E-state index >= 15 is 0 Å². The summed E-state index contributed by atoms with van der Waals surface area (Å²) < 4.78 is 1.84. The fraction of sp³-hybridized carbons (Fsp3) is 0.200. The zero-order chi connectivity index (χ0) is 22.0. The molecule has 2 aromatic heterocycles. The van der Waals surface area contributed by atoms with Crippen LogP contribution < -0.4 is 5.43 Å². The number of rotatable bonds is 5. The van der Waals surface area contributed by atoms with Gasteiger partial charge in [0, 0.05) is 29.3 Å². The molecule has 0 saturated carbocycles. The molecule has 156 valence electrons. The van der Waals surface area contributed by atoms with Crippen LogP contribution in [0.15, 0.2) is 59.8 Å². The molecule has 4 aromatic rings. The largest absolute Gasteiger partial charge is 0.272 e. The first-order valence-electron chi connectivity index (χ1n) is 10.3. The Kier molecular flexibility index (Phi) is 5.62. The van der Waals surface area contributed by atoms with Crippen LogP contribution in [-0.2, 0) is 6.54 Å². The molecule has 4 rings (SSSR count). The second kappa shape index (κ2) is 8.52. The fourth-order valence-corrected chi connectivity index (χ4v) is 3.45. The number of fused-ring (bicyclic) bond motifs is 1. The Morgan fingerprint density at radius 2 is 1.90 bits per heavy atom. The summed E-state index contributed by atoms with van der Waals surface area (Å²) in [6.45, 7) is 8.88. The molecule has 6 heteroatoms. The van der Waals surface area contributed by atoms with Crippen molar-refractivity contribution in [3.8, 4) is 11.3 Å². The number of carbonyl (C=O) groups excluding carboxylic acids is 1. The van der Waals surface area contributed by atoms with Gasteiger partial charge in [-0.05, 0) is 57.0 Å². The highest BCUT2D eigenvalue weighted by atomic mass is 16.2. The van der Waals surface area contributed by atoms with Crippen LogP contribution in [0.25, 0.3) is 22.2 Å². The highest BCUT2D eigenvalue weighted by molar-refractivity contribution is 6.07. The molecule has 1 N–H and O–H groups in total. The number of pyridine rings is 1. The van der Waals surface area contributed by atoms with Gasteiger partial charge < -0.3 is 0 Å². The summed E-state index contributed by atoms with van der Waals surface area (Å²) in [5, 5.41) is 9.34. The first-order chi connectivity index (χ1) is 15.0. The van der Waals surface area contributed by atoms with Crippen LogP contribution >= 0.6 is 0 Å². The van der Waals surface area contributed by atoms with Crippen molar-refractivity contribution < 1.29 is 4.79 Å². The zero-order valence-corrected chi connectivity index (χ0v) is 18.2. The van der Waals surface area contributed by atoms with Gasteiger partial charge in [-0.2, -0.15) is 10.2 Å². The third-order valence-electron chi connectivity index (χ3n) is 5.44. The normalized spacial score (nSPS) is 11.4. The van der Waals surface area contributed by atoms with Crippen molar-refractivity contribution in [1.29, 1.82) is 0 Å². The Labute approximate surface area is 181 Å². The van der Waals surface area contributed by atoms with Gasteiger partial charge in [0.1, 0.15) is 0 Å². The molecule has 0 aliphatic rings. The minimum absolute atomic E-state index is 0.277. The number of para-hydroxylation sites is 1. The van der Waals surface area contributed by atoms with Crippen molar-refractivity contribution in [3.05, 3.63) is 82.7 Å². The predicted octanol–water partition coefficient (Wildman–Crippen LogP) is 4.81. The van der Waals surface area contributed by atoms with Crippen LogP contribution in [0.1, 0.15) is 39.7 Å². The number of aryl methyl sites for hydroxylation is 4. The van der Waals surface area contributed by atoms with Crippen LogP contribution in [-0.4, -0.2) is 26.9 Å². The lowest BCUT2D eigenvalue weighted by atomic mass is 10.0. The van der Waals surface area contributed by atoms with Gasteiger partial charge in [0.25, 0.3) is 5.91 Å². The minimum Gasteiger partial charge on any atom is -0.272 e. The Morgan fingerprint density at radius 3 is 2.65 bits per heavy atom. The monoisotopic (exact) mass is 411 g/mol. The summed E-state index contributed by atoms with van der Waals surface area (Å²) in [6.07, 6.45) is 3.53. The van der Waals surface area contributed by atoms with Crippen LogP contribution in [0.5, 0.6) is 0 Å². The molecular formula is C25H25N5O. The van der Waals surface area contributed by atoms with Crippen molar-refractivity contribution in [1.82, 2.24) is 20.2 Å². The number of hydrazone groups is 1. The van der Waals surface area contributed by atoms with E-state index in [0.717, 1.165) is 40.0 Å².